The van der Waals surface area contributed by atoms with Gasteiger partial charge in [0.15, 0.2) is 0 Å². The normalized spacial score (nSPS) is 15.6. The van der Waals surface area contributed by atoms with E-state index in [1.54, 1.807) is 24.0 Å². The molecule has 0 spiro atoms. The van der Waals surface area contributed by atoms with Crippen molar-refractivity contribution < 1.29 is 14.7 Å². The number of hydrogen-bond acceptors (Lipinski definition) is 6. The number of carbonyl (C=O) groups is 2. The Bertz CT molecular complexity index is 1560. The number of aliphatic hydroxyl groups excluding tert-OH is 1. The number of anilines is 3. The first-order chi connectivity index (χ1) is 20.1. The molecular weight excluding hydrogens is 528 g/mol. The van der Waals surface area contributed by atoms with Gasteiger partial charge in [-0.1, -0.05) is 32.9 Å². The molecule has 3 N–H and O–H groups in total. The van der Waals surface area contributed by atoms with Gasteiger partial charge in [0, 0.05) is 74.0 Å². The summed E-state index contributed by atoms with van der Waals surface area (Å²) in [6, 6.07) is 19.3. The number of likely N-dealkylation sites (tertiary alicyclic amines) is 1. The molecule has 5 rings (SSSR count). The van der Waals surface area contributed by atoms with Crippen LogP contribution in [0.5, 0.6) is 0 Å². The minimum absolute atomic E-state index is 0.121. The van der Waals surface area contributed by atoms with Crippen molar-refractivity contribution in [1.29, 1.82) is 0 Å². The van der Waals surface area contributed by atoms with Crippen LogP contribution in [0, 0.1) is 5.41 Å². The van der Waals surface area contributed by atoms with Gasteiger partial charge in [0.1, 0.15) is 5.82 Å². The number of nitrogens with one attached hydrogen (secondary N) is 2. The number of fused-ring (bicyclic) bond motifs is 1. The van der Waals surface area contributed by atoms with Crippen LogP contribution in [0.15, 0.2) is 73.1 Å². The molecular formula is C33H40N6O3. The molecule has 2 aromatic carbocycles. The SMILES string of the molecule is CNC(=O)n1ccc2cc(N(CCC(C)(C)C)c3ccnc(NC(=O)c4ccc(CN5CCC(O)C5)cc4)c3)ccc21. The Hall–Kier alpha value is -4.21. The standard InChI is InChI=1S/C33H40N6O3/c1-33(2,3)14-18-38(26-9-10-29-25(19-26)12-17-39(29)32(42)34-4)27-11-15-35-30(20-27)36-31(41)24-7-5-23(6-8-24)21-37-16-13-28(40)22-37/h5-12,15,17,19-20,28,40H,13-14,16,18,21-22H2,1-4H3,(H,34,42)(H,35,36,41). The molecule has 0 bridgehead atoms. The second-order valence-corrected chi connectivity index (χ2v) is 12.2. The number of aromatic nitrogens is 2. The van der Waals surface area contributed by atoms with Gasteiger partial charge in [-0.05, 0) is 66.3 Å². The summed E-state index contributed by atoms with van der Waals surface area (Å²) in [5.74, 6) is 0.251. The first-order valence-electron chi connectivity index (χ1n) is 14.5. The molecule has 2 aromatic heterocycles. The van der Waals surface area contributed by atoms with E-state index in [4.69, 9.17) is 0 Å². The Labute approximate surface area is 247 Å². The number of benzene rings is 2. The maximum Gasteiger partial charge on any atom is 0.325 e. The number of nitrogens with zero attached hydrogens (tertiary/aromatic N) is 4. The van der Waals surface area contributed by atoms with Crippen molar-refractivity contribution in [3.8, 4) is 0 Å². The van der Waals surface area contributed by atoms with Crippen LogP contribution in [0.25, 0.3) is 10.9 Å². The summed E-state index contributed by atoms with van der Waals surface area (Å²) in [4.78, 5) is 34.2. The zero-order valence-corrected chi connectivity index (χ0v) is 24.8. The van der Waals surface area contributed by atoms with E-state index in [0.717, 1.165) is 60.3 Å². The van der Waals surface area contributed by atoms with E-state index in [1.807, 2.05) is 54.6 Å². The predicted octanol–water partition coefficient (Wildman–Crippen LogP) is 5.62. The fourth-order valence-corrected chi connectivity index (χ4v) is 5.27. The number of aliphatic hydroxyl groups is 1. The van der Waals surface area contributed by atoms with Crippen LogP contribution in [0.3, 0.4) is 0 Å². The topological polar surface area (TPSA) is 103 Å². The minimum Gasteiger partial charge on any atom is -0.392 e. The summed E-state index contributed by atoms with van der Waals surface area (Å²) in [6.45, 7) is 9.75. The molecule has 2 amide bonds. The van der Waals surface area contributed by atoms with E-state index in [2.05, 4.69) is 52.3 Å². The van der Waals surface area contributed by atoms with Crippen molar-refractivity contribution in [2.24, 2.45) is 5.41 Å². The summed E-state index contributed by atoms with van der Waals surface area (Å²) in [5, 5.41) is 16.4. The molecule has 1 saturated heterocycles. The molecule has 1 fully saturated rings. The zero-order valence-electron chi connectivity index (χ0n) is 24.8. The van der Waals surface area contributed by atoms with Crippen LogP contribution in [0.2, 0.25) is 0 Å². The molecule has 0 radical (unpaired) electrons. The van der Waals surface area contributed by atoms with Gasteiger partial charge in [0.05, 0.1) is 11.6 Å². The maximum absolute atomic E-state index is 13.1. The lowest BCUT2D eigenvalue weighted by molar-refractivity contribution is 0.102. The summed E-state index contributed by atoms with van der Waals surface area (Å²) in [5.41, 5.74) is 4.53. The van der Waals surface area contributed by atoms with Crippen LogP contribution in [-0.4, -0.2) is 64.3 Å². The lowest BCUT2D eigenvalue weighted by Crippen LogP contribution is -2.24. The second-order valence-electron chi connectivity index (χ2n) is 12.2. The van der Waals surface area contributed by atoms with E-state index in [0.29, 0.717) is 17.9 Å². The number of carbonyl (C=O) groups excluding carboxylic acids is 2. The van der Waals surface area contributed by atoms with Crippen LogP contribution in [-0.2, 0) is 6.54 Å². The van der Waals surface area contributed by atoms with Crippen molar-refractivity contribution in [1.82, 2.24) is 19.8 Å². The Morgan fingerprint density at radius 1 is 1.05 bits per heavy atom. The summed E-state index contributed by atoms with van der Waals surface area (Å²) >= 11 is 0. The van der Waals surface area contributed by atoms with Gasteiger partial charge < -0.3 is 20.6 Å². The highest BCUT2D eigenvalue weighted by Gasteiger charge is 2.21. The van der Waals surface area contributed by atoms with Crippen LogP contribution >= 0.6 is 0 Å². The van der Waals surface area contributed by atoms with Gasteiger partial charge in [-0.25, -0.2) is 9.78 Å². The van der Waals surface area contributed by atoms with Gasteiger partial charge >= 0.3 is 6.03 Å². The van der Waals surface area contributed by atoms with E-state index in [1.165, 1.54) is 0 Å². The van der Waals surface area contributed by atoms with Gasteiger partial charge in [-0.15, -0.1) is 0 Å². The van der Waals surface area contributed by atoms with Crippen molar-refractivity contribution in [3.63, 3.8) is 0 Å². The number of β-amino-alcohol motifs (C(OH)–C–C–N with tert-alkyl or cyclic N) is 1. The highest BCUT2D eigenvalue weighted by atomic mass is 16.3. The largest absolute Gasteiger partial charge is 0.392 e. The summed E-state index contributed by atoms with van der Waals surface area (Å²) in [7, 11) is 1.62. The first-order valence-corrected chi connectivity index (χ1v) is 14.5. The quantitative estimate of drug-likeness (QED) is 0.255. The first kappa shape index (κ1) is 29.3. The molecule has 3 heterocycles. The molecule has 9 heteroatoms. The number of hydrogen-bond donors (Lipinski definition) is 3. The maximum atomic E-state index is 13.1. The predicted molar refractivity (Wildman–Crippen MR) is 167 cm³/mol. The Morgan fingerprint density at radius 3 is 2.50 bits per heavy atom. The number of amides is 2. The fourth-order valence-electron chi connectivity index (χ4n) is 5.27. The average molecular weight is 569 g/mol. The minimum atomic E-state index is -0.249. The smallest absolute Gasteiger partial charge is 0.325 e. The lowest BCUT2D eigenvalue weighted by Gasteiger charge is -2.29. The molecule has 1 atom stereocenters. The van der Waals surface area contributed by atoms with Gasteiger partial charge in [0.25, 0.3) is 5.91 Å². The summed E-state index contributed by atoms with van der Waals surface area (Å²) < 4.78 is 1.60. The Morgan fingerprint density at radius 2 is 1.81 bits per heavy atom. The van der Waals surface area contributed by atoms with Crippen molar-refractivity contribution in [2.75, 3.05) is 36.9 Å². The summed E-state index contributed by atoms with van der Waals surface area (Å²) in [6.07, 6.45) is 4.98. The molecule has 1 aliphatic heterocycles. The van der Waals surface area contributed by atoms with E-state index >= 15 is 0 Å². The van der Waals surface area contributed by atoms with Crippen LogP contribution in [0.1, 0.15) is 49.5 Å². The van der Waals surface area contributed by atoms with Crippen LogP contribution in [0.4, 0.5) is 22.0 Å². The monoisotopic (exact) mass is 568 g/mol. The highest BCUT2D eigenvalue weighted by Crippen LogP contribution is 2.32. The molecule has 0 aliphatic carbocycles. The third-order valence-electron chi connectivity index (χ3n) is 7.67. The fraction of sp³-hybridized carbons (Fsp3) is 0.364. The third-order valence-corrected chi connectivity index (χ3v) is 7.67. The highest BCUT2D eigenvalue weighted by molar-refractivity contribution is 6.04. The molecule has 0 saturated carbocycles. The molecule has 1 unspecified atom stereocenters. The zero-order chi connectivity index (χ0) is 29.9. The van der Waals surface area contributed by atoms with Crippen molar-refractivity contribution in [2.45, 2.75) is 46.3 Å². The molecule has 1 aliphatic rings. The Kier molecular flexibility index (Phi) is 8.61. The van der Waals surface area contributed by atoms with E-state index < -0.39 is 0 Å². The van der Waals surface area contributed by atoms with Crippen molar-refractivity contribution in [3.05, 3.63) is 84.2 Å². The molecule has 42 heavy (non-hydrogen) atoms. The number of rotatable bonds is 8. The van der Waals surface area contributed by atoms with E-state index in [-0.39, 0.29) is 23.5 Å². The van der Waals surface area contributed by atoms with Gasteiger partial charge in [-0.2, -0.15) is 0 Å². The average Bonchev–Trinajstić information content (AvgIpc) is 3.58. The van der Waals surface area contributed by atoms with Crippen molar-refractivity contribution >= 4 is 40.0 Å². The lowest BCUT2D eigenvalue weighted by atomic mass is 9.92. The molecule has 4 aromatic rings. The molecule has 9 nitrogen and oxygen atoms in total. The van der Waals surface area contributed by atoms with E-state index in [9.17, 15) is 14.7 Å². The Balaban J connectivity index is 1.35. The van der Waals surface area contributed by atoms with Gasteiger partial charge in [0.2, 0.25) is 0 Å². The molecule has 220 valence electrons. The van der Waals surface area contributed by atoms with Crippen LogP contribution < -0.4 is 15.5 Å². The second kappa shape index (κ2) is 12.3. The third kappa shape index (κ3) is 6.98. The van der Waals surface area contributed by atoms with Gasteiger partial charge in [-0.3, -0.25) is 14.3 Å². The number of pyridine rings is 1.